The summed E-state index contributed by atoms with van der Waals surface area (Å²) in [7, 11) is 1.81. The van der Waals surface area contributed by atoms with Gasteiger partial charge in [0.1, 0.15) is 0 Å². The van der Waals surface area contributed by atoms with Gasteiger partial charge >= 0.3 is 0 Å². The smallest absolute Gasteiger partial charge is 0.191 e. The Kier molecular flexibility index (Phi) is 7.74. The van der Waals surface area contributed by atoms with E-state index in [4.69, 9.17) is 4.74 Å². The minimum atomic E-state index is 0.206. The van der Waals surface area contributed by atoms with Crippen molar-refractivity contribution in [1.82, 2.24) is 15.5 Å². The topological polar surface area (TPSA) is 52.1 Å². The molecule has 2 aliphatic heterocycles. The fourth-order valence-electron chi connectivity index (χ4n) is 3.76. The molecule has 0 bridgehead atoms. The lowest BCUT2D eigenvalue weighted by Crippen LogP contribution is -2.50. The molecular weight excluding hydrogens is 350 g/mol. The molecule has 6 heteroatoms. The summed E-state index contributed by atoms with van der Waals surface area (Å²) in [6.45, 7) is 12.0. The maximum Gasteiger partial charge on any atom is 0.191 e. The van der Waals surface area contributed by atoms with Crippen molar-refractivity contribution >= 4 is 11.6 Å². The Hall–Kier alpha value is -2.05. The first-order valence-corrected chi connectivity index (χ1v) is 10.4. The summed E-state index contributed by atoms with van der Waals surface area (Å²) >= 11 is 0. The maximum atomic E-state index is 5.92. The Morgan fingerprint density at radius 3 is 2.82 bits per heavy atom. The van der Waals surface area contributed by atoms with Gasteiger partial charge in [0.25, 0.3) is 0 Å². The largest absolute Gasteiger partial charge is 0.374 e. The summed E-state index contributed by atoms with van der Waals surface area (Å²) in [5.41, 5.74) is 2.53. The van der Waals surface area contributed by atoms with Crippen molar-refractivity contribution in [2.45, 2.75) is 26.5 Å². The highest BCUT2D eigenvalue weighted by atomic mass is 16.5. The second-order valence-corrected chi connectivity index (χ2v) is 8.00. The fraction of sp³-hybridized carbons (Fsp3) is 0.591. The molecule has 2 N–H and O–H groups in total. The normalized spacial score (nSPS) is 20.8. The molecule has 0 aromatic heterocycles. The first kappa shape index (κ1) is 20.7. The van der Waals surface area contributed by atoms with Gasteiger partial charge in [0.2, 0.25) is 0 Å². The number of hydrogen-bond donors (Lipinski definition) is 2. The van der Waals surface area contributed by atoms with Gasteiger partial charge < -0.3 is 20.3 Å². The quantitative estimate of drug-likeness (QED) is 0.428. The Bertz CT molecular complexity index is 665. The van der Waals surface area contributed by atoms with Gasteiger partial charge in [-0.15, -0.1) is 0 Å². The summed E-state index contributed by atoms with van der Waals surface area (Å²) in [4.78, 5) is 9.22. The van der Waals surface area contributed by atoms with Crippen LogP contribution in [0.25, 0.3) is 0 Å². The molecule has 1 atom stereocenters. The molecule has 0 radical (unpaired) electrons. The zero-order valence-electron chi connectivity index (χ0n) is 17.5. The van der Waals surface area contributed by atoms with Crippen LogP contribution >= 0.6 is 0 Å². The van der Waals surface area contributed by atoms with E-state index in [9.17, 15) is 0 Å². The molecule has 0 amide bonds. The number of nitrogens with one attached hydrogen (secondary N) is 2. The van der Waals surface area contributed by atoms with Gasteiger partial charge in [-0.3, -0.25) is 9.89 Å². The molecule has 3 rings (SSSR count). The van der Waals surface area contributed by atoms with E-state index in [0.29, 0.717) is 5.92 Å². The molecule has 2 aliphatic rings. The van der Waals surface area contributed by atoms with Crippen LogP contribution in [0.15, 0.2) is 41.4 Å². The number of hydrogen-bond acceptors (Lipinski definition) is 4. The molecule has 2 heterocycles. The van der Waals surface area contributed by atoms with E-state index in [-0.39, 0.29) is 6.10 Å². The van der Waals surface area contributed by atoms with E-state index in [1.165, 1.54) is 11.3 Å². The van der Waals surface area contributed by atoms with Gasteiger partial charge in [-0.1, -0.05) is 38.1 Å². The van der Waals surface area contributed by atoms with E-state index in [0.717, 1.165) is 58.4 Å². The number of ether oxygens (including phenoxy) is 1. The van der Waals surface area contributed by atoms with Crippen molar-refractivity contribution in [3.05, 3.63) is 42.0 Å². The van der Waals surface area contributed by atoms with E-state index in [2.05, 4.69) is 75.7 Å². The second-order valence-electron chi connectivity index (χ2n) is 8.00. The van der Waals surface area contributed by atoms with Crippen LogP contribution in [0.2, 0.25) is 0 Å². The average Bonchev–Trinajstić information content (AvgIpc) is 3.23. The van der Waals surface area contributed by atoms with Crippen LogP contribution in [0.3, 0.4) is 0 Å². The Labute approximate surface area is 169 Å². The number of rotatable bonds is 7. The van der Waals surface area contributed by atoms with Gasteiger partial charge in [-0.2, -0.15) is 0 Å². The van der Waals surface area contributed by atoms with Gasteiger partial charge in [0.15, 0.2) is 5.96 Å². The number of aliphatic imine (C=N–C) groups is 1. The summed E-state index contributed by atoms with van der Waals surface area (Å²) < 4.78 is 5.92. The zero-order chi connectivity index (χ0) is 19.8. The molecule has 154 valence electrons. The molecule has 0 saturated carbocycles. The highest BCUT2D eigenvalue weighted by Gasteiger charge is 2.21. The standard InChI is InChI=1S/C22H35N5O/c1-18(2)16-26-11-12-28-21(17-26)15-25-22(23-3)24-14-19-7-6-8-20(13-19)27-9-4-5-10-27/h4-8,13,18,21H,9-12,14-17H2,1-3H3,(H2,23,24,25). The first-order chi connectivity index (χ1) is 13.6. The van der Waals surface area contributed by atoms with Crippen LogP contribution < -0.4 is 15.5 Å². The highest BCUT2D eigenvalue weighted by molar-refractivity contribution is 5.79. The van der Waals surface area contributed by atoms with Crippen LogP contribution in [0.1, 0.15) is 19.4 Å². The molecule has 6 nitrogen and oxygen atoms in total. The van der Waals surface area contributed by atoms with Crippen LogP contribution in [0.5, 0.6) is 0 Å². The number of nitrogens with zero attached hydrogens (tertiary/aromatic N) is 3. The van der Waals surface area contributed by atoms with E-state index in [1.807, 2.05) is 7.05 Å². The lowest BCUT2D eigenvalue weighted by atomic mass is 10.2. The lowest BCUT2D eigenvalue weighted by Gasteiger charge is -2.34. The van der Waals surface area contributed by atoms with Gasteiger partial charge in [0.05, 0.1) is 12.7 Å². The number of guanidine groups is 1. The van der Waals surface area contributed by atoms with Crippen molar-refractivity contribution < 1.29 is 4.74 Å². The average molecular weight is 386 g/mol. The van der Waals surface area contributed by atoms with Crippen LogP contribution in [0.4, 0.5) is 5.69 Å². The lowest BCUT2D eigenvalue weighted by molar-refractivity contribution is -0.0284. The summed E-state index contributed by atoms with van der Waals surface area (Å²) in [5.74, 6) is 1.51. The zero-order valence-corrected chi connectivity index (χ0v) is 17.5. The molecule has 0 spiro atoms. The minimum Gasteiger partial charge on any atom is -0.374 e. The molecule has 1 unspecified atom stereocenters. The third-order valence-electron chi connectivity index (χ3n) is 5.12. The molecule has 1 aromatic carbocycles. The monoisotopic (exact) mass is 385 g/mol. The molecule has 0 aliphatic carbocycles. The predicted molar refractivity (Wildman–Crippen MR) is 117 cm³/mol. The van der Waals surface area contributed by atoms with E-state index in [1.54, 1.807) is 0 Å². The molecular formula is C22H35N5O. The molecule has 1 aromatic rings. The van der Waals surface area contributed by atoms with Crippen molar-refractivity contribution in [2.75, 3.05) is 57.8 Å². The van der Waals surface area contributed by atoms with Crippen molar-refractivity contribution in [1.29, 1.82) is 0 Å². The molecule has 1 fully saturated rings. The van der Waals surface area contributed by atoms with Crippen LogP contribution in [-0.4, -0.2) is 69.9 Å². The van der Waals surface area contributed by atoms with Crippen LogP contribution in [-0.2, 0) is 11.3 Å². The van der Waals surface area contributed by atoms with Gasteiger partial charge in [-0.25, -0.2) is 0 Å². The van der Waals surface area contributed by atoms with Crippen LogP contribution in [0, 0.1) is 5.92 Å². The number of anilines is 1. The molecule has 1 saturated heterocycles. The third-order valence-corrected chi connectivity index (χ3v) is 5.12. The minimum absolute atomic E-state index is 0.206. The summed E-state index contributed by atoms with van der Waals surface area (Å²) in [5, 5.41) is 6.84. The van der Waals surface area contributed by atoms with Crippen molar-refractivity contribution in [3.8, 4) is 0 Å². The Morgan fingerprint density at radius 1 is 1.25 bits per heavy atom. The molecule has 28 heavy (non-hydrogen) atoms. The number of morpholine rings is 1. The summed E-state index contributed by atoms with van der Waals surface area (Å²) in [6, 6.07) is 8.70. The predicted octanol–water partition coefficient (Wildman–Crippen LogP) is 2.08. The SMILES string of the molecule is CN=C(NCc1cccc(N2CC=CC2)c1)NCC1CN(CC(C)C)CCO1. The van der Waals surface area contributed by atoms with E-state index < -0.39 is 0 Å². The number of benzene rings is 1. The van der Waals surface area contributed by atoms with E-state index >= 15 is 0 Å². The van der Waals surface area contributed by atoms with Gasteiger partial charge in [0, 0.05) is 58.5 Å². The first-order valence-electron chi connectivity index (χ1n) is 10.4. The van der Waals surface area contributed by atoms with Crippen molar-refractivity contribution in [2.24, 2.45) is 10.9 Å². The van der Waals surface area contributed by atoms with Gasteiger partial charge in [-0.05, 0) is 23.6 Å². The Morgan fingerprint density at radius 2 is 2.07 bits per heavy atom. The van der Waals surface area contributed by atoms with Crippen molar-refractivity contribution in [3.63, 3.8) is 0 Å². The Balaban J connectivity index is 1.44. The fourth-order valence-corrected chi connectivity index (χ4v) is 3.76. The highest BCUT2D eigenvalue weighted by Crippen LogP contribution is 2.18. The summed E-state index contributed by atoms with van der Waals surface area (Å²) in [6.07, 6.45) is 4.63. The third kappa shape index (κ3) is 6.24. The maximum absolute atomic E-state index is 5.92. The second kappa shape index (κ2) is 10.5.